The standard InChI is InChI=1S/C40H33N/c1-30-8-6-12-39(28-30)41(40-13-7-9-31(2)29-40)38-26-18-33(19-27-38)15-14-32-16-20-35(21-17-32)37-24-22-36(23-25-37)34-10-4-3-5-11-34/h3-29H,1-2H3/b15-14+. The van der Waals surface area contributed by atoms with Crippen LogP contribution in [-0.4, -0.2) is 0 Å². The van der Waals surface area contributed by atoms with E-state index in [1.807, 2.05) is 0 Å². The van der Waals surface area contributed by atoms with Crippen LogP contribution < -0.4 is 4.90 Å². The zero-order valence-corrected chi connectivity index (χ0v) is 23.5. The third kappa shape index (κ3) is 6.21. The summed E-state index contributed by atoms with van der Waals surface area (Å²) in [6.07, 6.45) is 4.35. The van der Waals surface area contributed by atoms with Crippen molar-refractivity contribution < 1.29 is 0 Å². The molecule has 0 saturated heterocycles. The summed E-state index contributed by atoms with van der Waals surface area (Å²) >= 11 is 0. The number of hydrogen-bond donors (Lipinski definition) is 0. The first-order valence-electron chi connectivity index (χ1n) is 14.1. The van der Waals surface area contributed by atoms with Gasteiger partial charge in [0.25, 0.3) is 0 Å². The van der Waals surface area contributed by atoms with Gasteiger partial charge in [-0.2, -0.15) is 0 Å². The summed E-state index contributed by atoms with van der Waals surface area (Å²) in [7, 11) is 0. The van der Waals surface area contributed by atoms with Crippen molar-refractivity contribution in [2.45, 2.75) is 13.8 Å². The highest BCUT2D eigenvalue weighted by atomic mass is 15.1. The predicted molar refractivity (Wildman–Crippen MR) is 177 cm³/mol. The maximum absolute atomic E-state index is 2.32. The van der Waals surface area contributed by atoms with Crippen LogP contribution in [0.2, 0.25) is 0 Å². The van der Waals surface area contributed by atoms with Crippen LogP contribution >= 0.6 is 0 Å². The molecule has 0 unspecified atom stereocenters. The first kappa shape index (κ1) is 26.1. The highest BCUT2D eigenvalue weighted by Crippen LogP contribution is 2.35. The minimum absolute atomic E-state index is 1.14. The largest absolute Gasteiger partial charge is 0.310 e. The molecule has 0 atom stereocenters. The van der Waals surface area contributed by atoms with Crippen LogP contribution in [0.3, 0.4) is 0 Å². The van der Waals surface area contributed by atoms with Crippen LogP contribution in [0.1, 0.15) is 22.3 Å². The molecule has 6 rings (SSSR count). The molecule has 0 aliphatic heterocycles. The van der Waals surface area contributed by atoms with Gasteiger partial charge >= 0.3 is 0 Å². The van der Waals surface area contributed by atoms with Gasteiger partial charge in [-0.1, -0.05) is 127 Å². The molecule has 6 aromatic carbocycles. The Morgan fingerprint density at radius 2 is 0.780 bits per heavy atom. The van der Waals surface area contributed by atoms with Gasteiger partial charge < -0.3 is 4.90 Å². The van der Waals surface area contributed by atoms with Crippen molar-refractivity contribution in [1.29, 1.82) is 0 Å². The quantitative estimate of drug-likeness (QED) is 0.187. The lowest BCUT2D eigenvalue weighted by Crippen LogP contribution is -2.10. The summed E-state index contributed by atoms with van der Waals surface area (Å²) in [6.45, 7) is 4.28. The maximum Gasteiger partial charge on any atom is 0.0464 e. The van der Waals surface area contributed by atoms with E-state index in [-0.39, 0.29) is 0 Å². The molecule has 0 saturated carbocycles. The molecule has 0 aromatic heterocycles. The van der Waals surface area contributed by atoms with Crippen LogP contribution in [-0.2, 0) is 0 Å². The molecule has 0 fully saturated rings. The van der Waals surface area contributed by atoms with Crippen molar-refractivity contribution >= 4 is 29.2 Å². The second-order valence-corrected chi connectivity index (χ2v) is 10.5. The van der Waals surface area contributed by atoms with Crippen molar-refractivity contribution in [3.63, 3.8) is 0 Å². The van der Waals surface area contributed by atoms with Gasteiger partial charge in [0.1, 0.15) is 0 Å². The molecule has 1 nitrogen and oxygen atoms in total. The zero-order valence-electron chi connectivity index (χ0n) is 23.5. The van der Waals surface area contributed by atoms with Crippen LogP contribution in [0.5, 0.6) is 0 Å². The van der Waals surface area contributed by atoms with Gasteiger partial charge in [0.15, 0.2) is 0 Å². The second-order valence-electron chi connectivity index (χ2n) is 10.5. The van der Waals surface area contributed by atoms with Gasteiger partial charge in [0.2, 0.25) is 0 Å². The van der Waals surface area contributed by atoms with E-state index in [2.05, 4.69) is 183 Å². The average molecular weight is 528 g/mol. The van der Waals surface area contributed by atoms with E-state index < -0.39 is 0 Å². The number of nitrogens with zero attached hydrogens (tertiary/aromatic N) is 1. The summed E-state index contributed by atoms with van der Waals surface area (Å²) in [5.74, 6) is 0. The Labute approximate surface area is 243 Å². The van der Waals surface area contributed by atoms with Crippen LogP contribution in [0.4, 0.5) is 17.1 Å². The minimum atomic E-state index is 1.14. The van der Waals surface area contributed by atoms with E-state index in [0.29, 0.717) is 0 Å². The van der Waals surface area contributed by atoms with Crippen LogP contribution in [0.15, 0.2) is 152 Å². The Morgan fingerprint density at radius 1 is 0.366 bits per heavy atom. The van der Waals surface area contributed by atoms with Crippen LogP contribution in [0, 0.1) is 13.8 Å². The van der Waals surface area contributed by atoms with Gasteiger partial charge in [-0.3, -0.25) is 0 Å². The van der Waals surface area contributed by atoms with Gasteiger partial charge in [-0.05, 0) is 94.8 Å². The highest BCUT2D eigenvalue weighted by Gasteiger charge is 2.12. The number of anilines is 3. The summed E-state index contributed by atoms with van der Waals surface area (Å²) < 4.78 is 0. The van der Waals surface area contributed by atoms with Gasteiger partial charge in [0, 0.05) is 17.1 Å². The molecule has 0 bridgehead atoms. The lowest BCUT2D eigenvalue weighted by molar-refractivity contribution is 1.26. The molecule has 198 valence electrons. The number of hydrogen-bond acceptors (Lipinski definition) is 1. The molecule has 0 heterocycles. The summed E-state index contributed by atoms with van der Waals surface area (Å²) in [6, 6.07) is 54.2. The Balaban J connectivity index is 1.18. The third-order valence-electron chi connectivity index (χ3n) is 7.38. The molecule has 0 N–H and O–H groups in total. The fourth-order valence-corrected chi connectivity index (χ4v) is 5.18. The minimum Gasteiger partial charge on any atom is -0.310 e. The maximum atomic E-state index is 2.32. The highest BCUT2D eigenvalue weighted by molar-refractivity contribution is 5.79. The predicted octanol–water partition coefficient (Wildman–Crippen LogP) is 11.3. The topological polar surface area (TPSA) is 3.24 Å². The van der Waals surface area contributed by atoms with Crippen molar-refractivity contribution in [2.75, 3.05) is 4.90 Å². The molecular weight excluding hydrogens is 494 g/mol. The molecule has 0 radical (unpaired) electrons. The van der Waals surface area contributed by atoms with Crippen LogP contribution in [0.25, 0.3) is 34.4 Å². The zero-order chi connectivity index (χ0) is 28.0. The second kappa shape index (κ2) is 11.9. The summed E-state index contributed by atoms with van der Waals surface area (Å²) in [5, 5.41) is 0. The number of aryl methyl sites for hydroxylation is 2. The third-order valence-corrected chi connectivity index (χ3v) is 7.38. The first-order chi connectivity index (χ1) is 20.1. The summed E-state index contributed by atoms with van der Waals surface area (Å²) in [5.41, 5.74) is 13.2. The van der Waals surface area contributed by atoms with E-state index in [1.54, 1.807) is 0 Å². The Bertz CT molecular complexity index is 1720. The first-order valence-corrected chi connectivity index (χ1v) is 14.1. The SMILES string of the molecule is Cc1cccc(N(c2ccc(/C=C/c3ccc(-c4ccc(-c5ccccc5)cc4)cc3)cc2)c2cccc(C)c2)c1. The molecule has 0 amide bonds. The van der Waals surface area contributed by atoms with Gasteiger partial charge in [0.05, 0.1) is 0 Å². The molecule has 0 spiro atoms. The number of rotatable bonds is 7. The number of benzene rings is 6. The van der Waals surface area contributed by atoms with E-state index in [9.17, 15) is 0 Å². The average Bonchev–Trinajstić information content (AvgIpc) is 3.02. The summed E-state index contributed by atoms with van der Waals surface area (Å²) in [4.78, 5) is 2.32. The van der Waals surface area contributed by atoms with Gasteiger partial charge in [-0.15, -0.1) is 0 Å². The fourth-order valence-electron chi connectivity index (χ4n) is 5.18. The Kier molecular flexibility index (Phi) is 7.60. The van der Waals surface area contributed by atoms with Crippen molar-refractivity contribution in [2.24, 2.45) is 0 Å². The van der Waals surface area contributed by atoms with Gasteiger partial charge in [-0.25, -0.2) is 0 Å². The monoisotopic (exact) mass is 527 g/mol. The lowest BCUT2D eigenvalue weighted by atomic mass is 9.99. The molecule has 41 heavy (non-hydrogen) atoms. The Morgan fingerprint density at radius 3 is 1.24 bits per heavy atom. The van der Waals surface area contributed by atoms with Crippen molar-refractivity contribution in [3.05, 3.63) is 174 Å². The molecular formula is C40H33N. The fraction of sp³-hybridized carbons (Fsp3) is 0.0500. The smallest absolute Gasteiger partial charge is 0.0464 e. The molecule has 6 aromatic rings. The Hall–Kier alpha value is -5.14. The van der Waals surface area contributed by atoms with Crippen molar-refractivity contribution in [3.8, 4) is 22.3 Å². The lowest BCUT2D eigenvalue weighted by Gasteiger charge is -2.26. The van der Waals surface area contributed by atoms with Crippen molar-refractivity contribution in [1.82, 2.24) is 0 Å². The van der Waals surface area contributed by atoms with E-state index >= 15 is 0 Å². The molecule has 0 aliphatic carbocycles. The normalized spacial score (nSPS) is 11.1. The van der Waals surface area contributed by atoms with E-state index in [0.717, 1.165) is 17.1 Å². The molecule has 0 aliphatic rings. The molecule has 1 heteroatoms. The van der Waals surface area contributed by atoms with E-state index in [1.165, 1.54) is 44.5 Å². The van der Waals surface area contributed by atoms with E-state index in [4.69, 9.17) is 0 Å².